The van der Waals surface area contributed by atoms with Crippen molar-refractivity contribution in [3.05, 3.63) is 41.6 Å². The molecule has 1 aromatic heterocycles. The van der Waals surface area contributed by atoms with Crippen LogP contribution in [0.5, 0.6) is 0 Å². The Labute approximate surface area is 140 Å². The SMILES string of the molecule is Clc1ccc(-c2ccnc(N3CCC4(CC3)OCCO4)n2)cc1. The first-order chi connectivity index (χ1) is 11.2. The number of ether oxygens (including phenoxy) is 2. The number of piperidine rings is 1. The number of hydrogen-bond acceptors (Lipinski definition) is 5. The summed E-state index contributed by atoms with van der Waals surface area (Å²) >= 11 is 5.95. The predicted octanol–water partition coefficient (Wildman–Crippen LogP) is 3.14. The van der Waals surface area contributed by atoms with Crippen LogP contribution in [0.2, 0.25) is 5.02 Å². The van der Waals surface area contributed by atoms with Gasteiger partial charge >= 0.3 is 0 Å². The van der Waals surface area contributed by atoms with E-state index in [-0.39, 0.29) is 5.79 Å². The zero-order valence-electron chi connectivity index (χ0n) is 12.7. The summed E-state index contributed by atoms with van der Waals surface area (Å²) in [4.78, 5) is 11.3. The van der Waals surface area contributed by atoms with E-state index in [4.69, 9.17) is 26.1 Å². The molecule has 0 N–H and O–H groups in total. The zero-order chi connectivity index (χ0) is 15.7. The van der Waals surface area contributed by atoms with E-state index in [1.54, 1.807) is 6.20 Å². The lowest BCUT2D eigenvalue weighted by Crippen LogP contribution is -2.45. The molecule has 0 radical (unpaired) electrons. The Bertz CT molecular complexity index is 676. The van der Waals surface area contributed by atoms with Gasteiger partial charge in [0.1, 0.15) is 0 Å². The molecule has 2 aliphatic rings. The second kappa shape index (κ2) is 6.07. The van der Waals surface area contributed by atoms with Crippen molar-refractivity contribution in [3.63, 3.8) is 0 Å². The van der Waals surface area contributed by atoms with Gasteiger partial charge in [-0.1, -0.05) is 23.7 Å². The number of anilines is 1. The molecule has 5 nitrogen and oxygen atoms in total. The van der Waals surface area contributed by atoms with Crippen molar-refractivity contribution in [1.82, 2.24) is 9.97 Å². The van der Waals surface area contributed by atoms with Crippen LogP contribution >= 0.6 is 11.6 Å². The number of hydrogen-bond donors (Lipinski definition) is 0. The predicted molar refractivity (Wildman–Crippen MR) is 88.6 cm³/mol. The van der Waals surface area contributed by atoms with E-state index in [1.807, 2.05) is 30.3 Å². The maximum absolute atomic E-state index is 5.95. The first-order valence-electron chi connectivity index (χ1n) is 7.86. The number of nitrogens with zero attached hydrogens (tertiary/aromatic N) is 3. The monoisotopic (exact) mass is 331 g/mol. The molecule has 2 saturated heterocycles. The maximum Gasteiger partial charge on any atom is 0.225 e. The van der Waals surface area contributed by atoms with Gasteiger partial charge in [-0.25, -0.2) is 9.97 Å². The van der Waals surface area contributed by atoms with Crippen LogP contribution in [-0.2, 0) is 9.47 Å². The lowest BCUT2D eigenvalue weighted by molar-refractivity contribution is -0.169. The molecule has 6 heteroatoms. The molecule has 1 spiro atoms. The average Bonchev–Trinajstić information content (AvgIpc) is 3.04. The Balaban J connectivity index is 1.51. The van der Waals surface area contributed by atoms with Crippen molar-refractivity contribution in [2.45, 2.75) is 18.6 Å². The fourth-order valence-corrected chi connectivity index (χ4v) is 3.24. The van der Waals surface area contributed by atoms with Crippen LogP contribution in [0, 0.1) is 0 Å². The van der Waals surface area contributed by atoms with Crippen LogP contribution in [0.1, 0.15) is 12.8 Å². The highest BCUT2D eigenvalue weighted by atomic mass is 35.5. The highest BCUT2D eigenvalue weighted by Crippen LogP contribution is 2.32. The summed E-state index contributed by atoms with van der Waals surface area (Å²) in [5.74, 6) is 0.384. The minimum Gasteiger partial charge on any atom is -0.347 e. The smallest absolute Gasteiger partial charge is 0.225 e. The van der Waals surface area contributed by atoms with Gasteiger partial charge in [0.2, 0.25) is 5.95 Å². The Morgan fingerprint density at radius 1 is 1.00 bits per heavy atom. The van der Waals surface area contributed by atoms with Crippen molar-refractivity contribution in [1.29, 1.82) is 0 Å². The Kier molecular flexibility index (Phi) is 3.93. The molecule has 4 rings (SSSR count). The molecule has 2 fully saturated rings. The molecular weight excluding hydrogens is 314 g/mol. The number of halogens is 1. The fourth-order valence-electron chi connectivity index (χ4n) is 3.12. The molecule has 120 valence electrons. The summed E-state index contributed by atoms with van der Waals surface area (Å²) in [6, 6.07) is 9.61. The maximum atomic E-state index is 5.95. The summed E-state index contributed by atoms with van der Waals surface area (Å²) in [5, 5.41) is 0.723. The quantitative estimate of drug-likeness (QED) is 0.846. The Hall–Kier alpha value is -1.69. The van der Waals surface area contributed by atoms with Crippen molar-refractivity contribution < 1.29 is 9.47 Å². The van der Waals surface area contributed by atoms with Gasteiger partial charge in [-0.15, -0.1) is 0 Å². The molecule has 0 unspecified atom stereocenters. The number of rotatable bonds is 2. The standard InChI is InChI=1S/C17H18ClN3O2/c18-14-3-1-13(2-4-14)15-5-8-19-16(20-15)21-9-6-17(7-10-21)22-11-12-23-17/h1-5,8H,6-7,9-12H2. The molecule has 2 aliphatic heterocycles. The highest BCUT2D eigenvalue weighted by Gasteiger charge is 2.40. The van der Waals surface area contributed by atoms with Crippen LogP contribution in [0.3, 0.4) is 0 Å². The van der Waals surface area contributed by atoms with Gasteiger partial charge < -0.3 is 14.4 Å². The van der Waals surface area contributed by atoms with Crippen molar-refractivity contribution in [2.75, 3.05) is 31.2 Å². The summed E-state index contributed by atoms with van der Waals surface area (Å²) in [5.41, 5.74) is 1.94. The highest BCUT2D eigenvalue weighted by molar-refractivity contribution is 6.30. The number of benzene rings is 1. The average molecular weight is 332 g/mol. The summed E-state index contributed by atoms with van der Waals surface area (Å²) in [7, 11) is 0. The molecule has 3 heterocycles. The van der Waals surface area contributed by atoms with Crippen LogP contribution in [0.15, 0.2) is 36.5 Å². The van der Waals surface area contributed by atoms with Crippen molar-refractivity contribution in [2.24, 2.45) is 0 Å². The molecule has 0 amide bonds. The second-order valence-corrected chi connectivity index (χ2v) is 6.28. The van der Waals surface area contributed by atoms with Gasteiger partial charge in [0.05, 0.1) is 18.9 Å². The second-order valence-electron chi connectivity index (χ2n) is 5.84. The van der Waals surface area contributed by atoms with E-state index < -0.39 is 0 Å². The fraction of sp³-hybridized carbons (Fsp3) is 0.412. The lowest BCUT2D eigenvalue weighted by atomic mass is 10.0. The number of aromatic nitrogens is 2. The molecular formula is C17H18ClN3O2. The van der Waals surface area contributed by atoms with Crippen LogP contribution in [0.25, 0.3) is 11.3 Å². The molecule has 1 aromatic carbocycles. The van der Waals surface area contributed by atoms with E-state index in [0.29, 0.717) is 13.2 Å². The third kappa shape index (κ3) is 3.04. The van der Waals surface area contributed by atoms with Crippen molar-refractivity contribution in [3.8, 4) is 11.3 Å². The van der Waals surface area contributed by atoms with Gasteiger partial charge in [-0.05, 0) is 18.2 Å². The molecule has 2 aromatic rings. The first-order valence-corrected chi connectivity index (χ1v) is 8.24. The normalized spacial score (nSPS) is 20.1. The molecule has 0 saturated carbocycles. The van der Waals surface area contributed by atoms with E-state index in [0.717, 1.165) is 48.2 Å². The minimum absolute atomic E-state index is 0.371. The largest absolute Gasteiger partial charge is 0.347 e. The minimum atomic E-state index is -0.371. The molecule has 0 aliphatic carbocycles. The third-order valence-corrected chi connectivity index (χ3v) is 4.66. The van der Waals surface area contributed by atoms with E-state index in [1.165, 1.54) is 0 Å². The van der Waals surface area contributed by atoms with Crippen molar-refractivity contribution >= 4 is 17.5 Å². The zero-order valence-corrected chi connectivity index (χ0v) is 13.5. The molecule has 0 bridgehead atoms. The van der Waals surface area contributed by atoms with E-state index >= 15 is 0 Å². The van der Waals surface area contributed by atoms with E-state index in [2.05, 4.69) is 9.88 Å². The summed E-state index contributed by atoms with van der Waals surface area (Å²) < 4.78 is 11.5. The van der Waals surface area contributed by atoms with Gasteiger partial charge in [-0.3, -0.25) is 0 Å². The van der Waals surface area contributed by atoms with Crippen LogP contribution in [-0.4, -0.2) is 42.1 Å². The molecule has 23 heavy (non-hydrogen) atoms. The van der Waals surface area contributed by atoms with Crippen LogP contribution in [0.4, 0.5) is 5.95 Å². The first kappa shape index (κ1) is 14.9. The van der Waals surface area contributed by atoms with Gasteiger partial charge in [-0.2, -0.15) is 0 Å². The third-order valence-electron chi connectivity index (χ3n) is 4.40. The van der Waals surface area contributed by atoms with Gasteiger partial charge in [0.25, 0.3) is 0 Å². The molecule has 0 atom stereocenters. The summed E-state index contributed by atoms with van der Waals surface area (Å²) in [6.07, 6.45) is 3.50. The van der Waals surface area contributed by atoms with Gasteiger partial charge in [0, 0.05) is 42.7 Å². The Morgan fingerprint density at radius 2 is 1.70 bits per heavy atom. The summed E-state index contributed by atoms with van der Waals surface area (Å²) in [6.45, 7) is 3.07. The lowest BCUT2D eigenvalue weighted by Gasteiger charge is -2.37. The van der Waals surface area contributed by atoms with E-state index in [9.17, 15) is 0 Å². The topological polar surface area (TPSA) is 47.5 Å². The van der Waals surface area contributed by atoms with Crippen LogP contribution < -0.4 is 4.90 Å². The van der Waals surface area contributed by atoms with Gasteiger partial charge in [0.15, 0.2) is 5.79 Å². The Morgan fingerprint density at radius 3 is 2.39 bits per heavy atom.